The van der Waals surface area contributed by atoms with Crippen molar-refractivity contribution in [2.24, 2.45) is 11.7 Å². The Balaban J connectivity index is 1.14. The number of H-pyrrole nitrogens is 1. The molecule has 3 unspecified atom stereocenters. The van der Waals surface area contributed by atoms with Gasteiger partial charge >= 0.3 is 5.97 Å². The molecule has 6 rings (SSSR count). The smallest absolute Gasteiger partial charge is 0.309 e. The Hall–Kier alpha value is -3.74. The summed E-state index contributed by atoms with van der Waals surface area (Å²) >= 11 is 1.33. The largest absolute Gasteiger partial charge is 0.469 e. The van der Waals surface area contributed by atoms with Gasteiger partial charge in [0.1, 0.15) is 4.83 Å². The quantitative estimate of drug-likeness (QED) is 0.301. The highest BCUT2D eigenvalue weighted by Crippen LogP contribution is 2.37. The first-order valence-electron chi connectivity index (χ1n) is 12.3. The number of carbonyl (C=O) groups is 4. The number of hydrogen-bond acceptors (Lipinski definition) is 10. The predicted molar refractivity (Wildman–Crippen MR) is 137 cm³/mol. The molecule has 2 aliphatic carbocycles. The van der Waals surface area contributed by atoms with Crippen LogP contribution in [0.25, 0.3) is 10.2 Å². The molecule has 1 aliphatic heterocycles. The van der Waals surface area contributed by atoms with Crippen LogP contribution in [-0.4, -0.2) is 64.0 Å². The summed E-state index contributed by atoms with van der Waals surface area (Å²) in [7, 11) is 1.35. The van der Waals surface area contributed by atoms with Crippen LogP contribution in [0.4, 0.5) is 0 Å². The first kappa shape index (κ1) is 24.6. The lowest BCUT2D eigenvalue weighted by molar-refractivity contribution is -0.150. The van der Waals surface area contributed by atoms with Crippen LogP contribution in [0.1, 0.15) is 37.7 Å². The summed E-state index contributed by atoms with van der Waals surface area (Å²) in [4.78, 5) is 71.5. The molecule has 1 amide bonds. The zero-order valence-corrected chi connectivity index (χ0v) is 21.4. The number of benzene rings is 1. The summed E-state index contributed by atoms with van der Waals surface area (Å²) in [5.74, 6) is -2.12. The number of Topliss-reactive ketones (excluding diaryl/α,β-unsaturated/α-hetero) is 2. The number of nitrogens with zero attached hydrogens (tertiary/aromatic N) is 2. The molecule has 0 saturated heterocycles. The van der Waals surface area contributed by atoms with E-state index in [1.807, 2.05) is 23.1 Å². The summed E-state index contributed by atoms with van der Waals surface area (Å²) in [6.07, 6.45) is 1.66. The lowest BCUT2D eigenvalue weighted by Gasteiger charge is -2.41. The van der Waals surface area contributed by atoms with Crippen molar-refractivity contribution in [1.82, 2.24) is 20.2 Å². The van der Waals surface area contributed by atoms with Crippen molar-refractivity contribution in [1.29, 1.82) is 0 Å². The predicted octanol–water partition coefficient (Wildman–Crippen LogP) is 0.00820. The Bertz CT molecular complexity index is 1590. The Morgan fingerprint density at radius 2 is 2.03 bits per heavy atom. The molecule has 3 aliphatic rings. The third-order valence-electron chi connectivity index (χ3n) is 7.69. The van der Waals surface area contributed by atoms with Gasteiger partial charge in [-0.3, -0.25) is 28.9 Å². The summed E-state index contributed by atoms with van der Waals surface area (Å²) < 4.78 is 4.84. The molecule has 0 bridgehead atoms. The first-order chi connectivity index (χ1) is 18.2. The van der Waals surface area contributed by atoms with E-state index in [1.54, 1.807) is 0 Å². The average Bonchev–Trinajstić information content (AvgIpc) is 3.48. The number of carbonyl (C=O) groups excluding carboxylic acids is 4. The first-order valence-corrected chi connectivity index (χ1v) is 13.2. The molecule has 3 atom stereocenters. The molecular formula is C26H25N5O6S. The fraction of sp³-hybridized carbons (Fsp3) is 0.385. The Labute approximate surface area is 220 Å². The Kier molecular flexibility index (Phi) is 5.97. The fourth-order valence-corrected chi connectivity index (χ4v) is 6.91. The van der Waals surface area contributed by atoms with E-state index in [1.165, 1.54) is 18.4 Å². The van der Waals surface area contributed by atoms with Crippen molar-refractivity contribution >= 4 is 45.0 Å². The topological polar surface area (TPSA) is 165 Å². The van der Waals surface area contributed by atoms with E-state index in [0.29, 0.717) is 36.1 Å². The Morgan fingerprint density at radius 3 is 2.79 bits per heavy atom. The number of methoxy groups -OCH3 is 1. The molecule has 2 aromatic heterocycles. The molecule has 4 N–H and O–H groups in total. The van der Waals surface area contributed by atoms with Crippen molar-refractivity contribution in [2.75, 3.05) is 13.7 Å². The molecule has 1 aromatic carbocycles. The molecule has 196 valence electrons. The van der Waals surface area contributed by atoms with Crippen LogP contribution in [-0.2, 0) is 51.5 Å². The highest BCUT2D eigenvalue weighted by Gasteiger charge is 2.50. The molecule has 3 aromatic rings. The number of thiophene rings is 1. The third kappa shape index (κ3) is 3.96. The maximum Gasteiger partial charge on any atom is 0.309 e. The number of aromatic amines is 1. The summed E-state index contributed by atoms with van der Waals surface area (Å²) in [5.41, 5.74) is 9.28. The molecule has 11 nitrogen and oxygen atoms in total. The van der Waals surface area contributed by atoms with E-state index in [9.17, 15) is 24.0 Å². The Morgan fingerprint density at radius 1 is 1.21 bits per heavy atom. The maximum absolute atomic E-state index is 12.9. The maximum atomic E-state index is 12.9. The van der Waals surface area contributed by atoms with Crippen LogP contribution in [0, 0.1) is 5.92 Å². The number of amides is 1. The average molecular weight is 536 g/mol. The van der Waals surface area contributed by atoms with E-state index in [-0.39, 0.29) is 24.3 Å². The zero-order valence-electron chi connectivity index (χ0n) is 20.5. The minimum atomic E-state index is -0.766. The van der Waals surface area contributed by atoms with Gasteiger partial charge in [0.25, 0.3) is 11.5 Å². The molecule has 12 heteroatoms. The third-order valence-corrected chi connectivity index (χ3v) is 8.84. The van der Waals surface area contributed by atoms with Crippen molar-refractivity contribution < 1.29 is 23.9 Å². The van der Waals surface area contributed by atoms with Crippen molar-refractivity contribution in [2.45, 2.75) is 44.4 Å². The second-order valence-corrected chi connectivity index (χ2v) is 11.0. The van der Waals surface area contributed by atoms with Crippen molar-refractivity contribution in [3.63, 3.8) is 0 Å². The van der Waals surface area contributed by atoms with Gasteiger partial charge in [0.15, 0.2) is 0 Å². The van der Waals surface area contributed by atoms with Gasteiger partial charge in [-0.1, -0.05) is 18.2 Å². The summed E-state index contributed by atoms with van der Waals surface area (Å²) in [5, 5.41) is 3.24. The summed E-state index contributed by atoms with van der Waals surface area (Å²) in [6.45, 7) is 1.37. The van der Waals surface area contributed by atoms with E-state index in [4.69, 9.17) is 10.5 Å². The van der Waals surface area contributed by atoms with Crippen LogP contribution in [0.3, 0.4) is 0 Å². The molecule has 1 fully saturated rings. The number of rotatable bonds is 5. The number of aromatic nitrogens is 2. The number of ether oxygens (including phenoxy) is 1. The highest BCUT2D eigenvalue weighted by atomic mass is 32.1. The molecule has 1 saturated carbocycles. The number of ketones is 2. The second kappa shape index (κ2) is 9.22. The van der Waals surface area contributed by atoms with Gasteiger partial charge in [-0.05, 0) is 41.5 Å². The minimum absolute atomic E-state index is 0.0711. The van der Waals surface area contributed by atoms with E-state index >= 15 is 0 Å². The SMILES string of the molecule is COC(=O)C1Cc2sc3nc(C(=O)NCc4ccc5c(c4)CN(C4C(=O)C(=O)C4N)CC5)[nH]c(=O)c3c2C1. The molecular weight excluding hydrogens is 510 g/mol. The lowest BCUT2D eigenvalue weighted by atomic mass is 9.81. The minimum Gasteiger partial charge on any atom is -0.469 e. The molecule has 0 radical (unpaired) electrons. The lowest BCUT2D eigenvalue weighted by Crippen LogP contribution is -2.69. The van der Waals surface area contributed by atoms with Gasteiger partial charge in [0.2, 0.25) is 17.4 Å². The molecule has 3 heterocycles. The van der Waals surface area contributed by atoms with Gasteiger partial charge < -0.3 is 20.8 Å². The fourth-order valence-electron chi connectivity index (χ4n) is 5.63. The number of nitrogens with one attached hydrogen (secondary N) is 2. The molecule has 38 heavy (non-hydrogen) atoms. The van der Waals surface area contributed by atoms with Crippen LogP contribution in [0.15, 0.2) is 23.0 Å². The zero-order chi connectivity index (χ0) is 26.7. The van der Waals surface area contributed by atoms with Gasteiger partial charge in [0, 0.05) is 24.5 Å². The van der Waals surface area contributed by atoms with Gasteiger partial charge in [-0.25, -0.2) is 4.98 Å². The van der Waals surface area contributed by atoms with E-state index in [2.05, 4.69) is 15.3 Å². The monoisotopic (exact) mass is 535 g/mol. The van der Waals surface area contributed by atoms with E-state index < -0.39 is 35.1 Å². The summed E-state index contributed by atoms with van der Waals surface area (Å²) in [6, 6.07) is 4.57. The molecule has 0 spiro atoms. The number of esters is 1. The van der Waals surface area contributed by atoms with Crippen LogP contribution < -0.4 is 16.6 Å². The standard InChI is InChI=1S/C26H25N5O6S/c1-37-26(36)13-7-15-16(8-13)38-25-17(15)23(34)29-22(30-25)24(35)28-9-11-2-3-12-4-5-31(10-14(12)6-11)19-18(27)20(32)21(19)33/h2-3,6,13,18-19H,4-5,7-10,27H2,1H3,(H,28,35)(H,29,30,34). The number of fused-ring (bicyclic) bond motifs is 4. The second-order valence-electron chi connectivity index (χ2n) is 9.93. The van der Waals surface area contributed by atoms with Crippen molar-refractivity contribution in [3.05, 3.63) is 61.5 Å². The van der Waals surface area contributed by atoms with Gasteiger partial charge in [0.05, 0.1) is 30.5 Å². The number of nitrogens with two attached hydrogens (primary N) is 1. The van der Waals surface area contributed by atoms with Gasteiger partial charge in [-0.15, -0.1) is 11.3 Å². The van der Waals surface area contributed by atoms with Crippen LogP contribution >= 0.6 is 11.3 Å². The normalized spacial score (nSPS) is 22.6. The van der Waals surface area contributed by atoms with Crippen LogP contribution in [0.5, 0.6) is 0 Å². The van der Waals surface area contributed by atoms with Crippen LogP contribution in [0.2, 0.25) is 0 Å². The van der Waals surface area contributed by atoms with Gasteiger partial charge in [-0.2, -0.15) is 0 Å². The van der Waals surface area contributed by atoms with E-state index in [0.717, 1.165) is 33.6 Å². The van der Waals surface area contributed by atoms with Crippen molar-refractivity contribution in [3.8, 4) is 0 Å². The number of hydrogen-bond donors (Lipinski definition) is 3. The highest BCUT2D eigenvalue weighted by molar-refractivity contribution is 7.18.